The summed E-state index contributed by atoms with van der Waals surface area (Å²) in [5, 5.41) is 3.38. The Balaban J connectivity index is 1.99. The van der Waals surface area contributed by atoms with E-state index in [1.54, 1.807) is 0 Å². The molecule has 7 heteroatoms. The Labute approximate surface area is 111 Å². The van der Waals surface area contributed by atoms with Crippen LogP contribution in [0.1, 0.15) is 26.2 Å². The van der Waals surface area contributed by atoms with E-state index in [9.17, 15) is 0 Å². The van der Waals surface area contributed by atoms with E-state index in [1.807, 2.05) is 6.92 Å². The second kappa shape index (κ2) is 6.70. The summed E-state index contributed by atoms with van der Waals surface area (Å²) in [5.41, 5.74) is 0. The summed E-state index contributed by atoms with van der Waals surface area (Å²) in [7, 11) is 0. The van der Waals surface area contributed by atoms with Gasteiger partial charge >= 0.3 is 6.01 Å². The van der Waals surface area contributed by atoms with Gasteiger partial charge in [0.25, 0.3) is 0 Å². The van der Waals surface area contributed by atoms with Gasteiger partial charge in [-0.2, -0.15) is 15.0 Å². The van der Waals surface area contributed by atoms with E-state index in [-0.39, 0.29) is 11.3 Å². The molecule has 0 aliphatic carbocycles. The number of halogens is 1. The first kappa shape index (κ1) is 13.3. The van der Waals surface area contributed by atoms with Crippen molar-refractivity contribution in [1.29, 1.82) is 0 Å². The molecule has 1 aromatic rings. The van der Waals surface area contributed by atoms with Gasteiger partial charge in [0.1, 0.15) is 0 Å². The third-order valence-corrected chi connectivity index (χ3v) is 2.75. The van der Waals surface area contributed by atoms with Crippen molar-refractivity contribution >= 4 is 17.5 Å². The van der Waals surface area contributed by atoms with Gasteiger partial charge in [0.15, 0.2) is 0 Å². The van der Waals surface area contributed by atoms with Crippen LogP contribution in [-0.4, -0.2) is 40.8 Å². The van der Waals surface area contributed by atoms with Crippen LogP contribution in [0.15, 0.2) is 0 Å². The van der Waals surface area contributed by atoms with Crippen LogP contribution in [0, 0.1) is 0 Å². The van der Waals surface area contributed by atoms with Gasteiger partial charge in [-0.3, -0.25) is 0 Å². The maximum Gasteiger partial charge on any atom is 0.322 e. The first-order chi connectivity index (χ1) is 8.78. The molecule has 6 nitrogen and oxygen atoms in total. The lowest BCUT2D eigenvalue weighted by Crippen LogP contribution is -2.28. The molecule has 0 amide bonds. The summed E-state index contributed by atoms with van der Waals surface area (Å²) in [6.07, 6.45) is 2.77. The monoisotopic (exact) mass is 272 g/mol. The van der Waals surface area contributed by atoms with Gasteiger partial charge in [-0.05, 0) is 30.9 Å². The molecular formula is C11H17ClN4O2. The van der Waals surface area contributed by atoms with Gasteiger partial charge in [0.05, 0.1) is 6.61 Å². The van der Waals surface area contributed by atoms with Gasteiger partial charge in [-0.25, -0.2) is 0 Å². The maximum atomic E-state index is 5.84. The number of nitrogens with one attached hydrogen (secondary N) is 1. The summed E-state index contributed by atoms with van der Waals surface area (Å²) in [6.45, 7) is 4.10. The van der Waals surface area contributed by atoms with Crippen molar-refractivity contribution in [2.45, 2.75) is 32.2 Å². The topological polar surface area (TPSA) is 69.2 Å². The molecule has 100 valence electrons. The molecule has 2 rings (SSSR count). The lowest BCUT2D eigenvalue weighted by molar-refractivity contribution is 0.0903. The smallest absolute Gasteiger partial charge is 0.322 e. The van der Waals surface area contributed by atoms with E-state index in [4.69, 9.17) is 21.1 Å². The van der Waals surface area contributed by atoms with Crippen LogP contribution in [-0.2, 0) is 4.74 Å². The zero-order valence-electron chi connectivity index (χ0n) is 10.4. The fourth-order valence-electron chi connectivity index (χ4n) is 1.68. The van der Waals surface area contributed by atoms with Gasteiger partial charge < -0.3 is 14.8 Å². The van der Waals surface area contributed by atoms with Crippen molar-refractivity contribution in [3.63, 3.8) is 0 Å². The van der Waals surface area contributed by atoms with Crippen molar-refractivity contribution in [3.8, 4) is 6.01 Å². The van der Waals surface area contributed by atoms with E-state index < -0.39 is 0 Å². The molecule has 1 saturated heterocycles. The Kier molecular flexibility index (Phi) is 4.95. The molecule has 0 radical (unpaired) electrons. The molecule has 18 heavy (non-hydrogen) atoms. The normalized spacial score (nSPS) is 16.6. The Morgan fingerprint density at radius 3 is 2.83 bits per heavy atom. The van der Waals surface area contributed by atoms with E-state index >= 15 is 0 Å². The Morgan fingerprint density at radius 2 is 2.11 bits per heavy atom. The van der Waals surface area contributed by atoms with E-state index in [0.717, 1.165) is 32.5 Å². The van der Waals surface area contributed by atoms with Crippen molar-refractivity contribution < 1.29 is 9.47 Å². The van der Waals surface area contributed by atoms with Crippen LogP contribution in [0.2, 0.25) is 5.28 Å². The third-order valence-electron chi connectivity index (χ3n) is 2.58. The molecule has 2 heterocycles. The molecule has 1 fully saturated rings. The maximum absolute atomic E-state index is 5.84. The minimum atomic E-state index is 0.144. The minimum Gasteiger partial charge on any atom is -0.463 e. The number of anilines is 1. The molecule has 0 saturated carbocycles. The fraction of sp³-hybridized carbons (Fsp3) is 0.727. The first-order valence-corrected chi connectivity index (χ1v) is 6.54. The highest BCUT2D eigenvalue weighted by Gasteiger charge is 2.15. The van der Waals surface area contributed by atoms with Crippen LogP contribution in [0.4, 0.5) is 5.95 Å². The summed E-state index contributed by atoms with van der Waals surface area (Å²) < 4.78 is 10.6. The lowest BCUT2D eigenvalue weighted by Gasteiger charge is -2.23. The molecule has 0 unspecified atom stereocenters. The zero-order valence-corrected chi connectivity index (χ0v) is 11.1. The fourth-order valence-corrected chi connectivity index (χ4v) is 1.83. The average molecular weight is 273 g/mol. The first-order valence-electron chi connectivity index (χ1n) is 6.16. The minimum absolute atomic E-state index is 0.144. The van der Waals surface area contributed by atoms with Crippen molar-refractivity contribution in [1.82, 2.24) is 15.0 Å². The molecule has 0 atom stereocenters. The number of nitrogens with zero attached hydrogens (tertiary/aromatic N) is 3. The molecule has 0 bridgehead atoms. The highest BCUT2D eigenvalue weighted by Crippen LogP contribution is 2.15. The zero-order chi connectivity index (χ0) is 12.8. The second-order valence-electron chi connectivity index (χ2n) is 4.09. The van der Waals surface area contributed by atoms with Gasteiger partial charge in [-0.1, -0.05) is 6.92 Å². The molecule has 1 aliphatic rings. The number of hydrogen-bond donors (Lipinski definition) is 1. The summed E-state index contributed by atoms with van der Waals surface area (Å²) in [6, 6.07) is 0.586. The summed E-state index contributed by atoms with van der Waals surface area (Å²) >= 11 is 5.84. The Hall–Kier alpha value is -1.14. The molecule has 0 spiro atoms. The number of ether oxygens (including phenoxy) is 2. The van der Waals surface area contributed by atoms with E-state index in [0.29, 0.717) is 18.6 Å². The van der Waals surface area contributed by atoms with Crippen molar-refractivity contribution in [3.05, 3.63) is 5.28 Å². The molecule has 1 N–H and O–H groups in total. The van der Waals surface area contributed by atoms with Gasteiger partial charge in [-0.15, -0.1) is 0 Å². The van der Waals surface area contributed by atoms with E-state index in [2.05, 4.69) is 20.3 Å². The number of rotatable bonds is 5. The number of aromatic nitrogens is 3. The highest BCUT2D eigenvalue weighted by molar-refractivity contribution is 6.28. The Bertz CT molecular complexity index is 385. The van der Waals surface area contributed by atoms with Gasteiger partial charge in [0, 0.05) is 19.3 Å². The summed E-state index contributed by atoms with van der Waals surface area (Å²) in [5.74, 6) is 0.466. The molecular weight excluding hydrogens is 256 g/mol. The standard InChI is InChI=1S/C11H17ClN4O2/c1-2-5-18-11-15-9(12)14-10(16-11)13-8-3-6-17-7-4-8/h8H,2-7H2,1H3,(H,13,14,15,16). The van der Waals surface area contributed by atoms with Crippen molar-refractivity contribution in [2.24, 2.45) is 0 Å². The molecule has 1 aliphatic heterocycles. The van der Waals surface area contributed by atoms with Gasteiger partial charge in [0.2, 0.25) is 11.2 Å². The lowest BCUT2D eigenvalue weighted by atomic mass is 10.1. The van der Waals surface area contributed by atoms with Crippen LogP contribution >= 0.6 is 11.6 Å². The van der Waals surface area contributed by atoms with Crippen LogP contribution in [0.3, 0.4) is 0 Å². The van der Waals surface area contributed by atoms with Crippen LogP contribution in [0.25, 0.3) is 0 Å². The largest absolute Gasteiger partial charge is 0.463 e. The SMILES string of the molecule is CCCOc1nc(Cl)nc(NC2CCOCC2)n1. The quantitative estimate of drug-likeness (QED) is 0.883. The Morgan fingerprint density at radius 1 is 1.33 bits per heavy atom. The summed E-state index contributed by atoms with van der Waals surface area (Å²) in [4.78, 5) is 12.2. The third kappa shape index (κ3) is 3.96. The van der Waals surface area contributed by atoms with E-state index in [1.165, 1.54) is 0 Å². The predicted molar refractivity (Wildman–Crippen MR) is 68.1 cm³/mol. The second-order valence-corrected chi connectivity index (χ2v) is 4.43. The number of hydrogen-bond acceptors (Lipinski definition) is 6. The average Bonchev–Trinajstić information content (AvgIpc) is 2.37. The predicted octanol–water partition coefficient (Wildman–Crippen LogP) is 1.90. The molecule has 0 aromatic carbocycles. The van der Waals surface area contributed by atoms with Crippen LogP contribution in [0.5, 0.6) is 6.01 Å². The highest BCUT2D eigenvalue weighted by atomic mass is 35.5. The van der Waals surface area contributed by atoms with Crippen LogP contribution < -0.4 is 10.1 Å². The molecule has 1 aromatic heterocycles. The van der Waals surface area contributed by atoms with Crippen molar-refractivity contribution in [2.75, 3.05) is 25.1 Å².